The summed E-state index contributed by atoms with van der Waals surface area (Å²) in [5, 5.41) is 25.5. The predicted molar refractivity (Wildman–Crippen MR) is 119 cm³/mol. The molecule has 2 aliphatic heterocycles. The van der Waals surface area contributed by atoms with Crippen molar-refractivity contribution in [1.82, 2.24) is 26.0 Å². The molecule has 182 valence electrons. The van der Waals surface area contributed by atoms with Gasteiger partial charge in [-0.25, -0.2) is 8.42 Å². The van der Waals surface area contributed by atoms with Gasteiger partial charge in [-0.15, -0.1) is 0 Å². The number of nitrogens with zero attached hydrogens (tertiary/aromatic N) is 1. The van der Waals surface area contributed by atoms with Crippen molar-refractivity contribution in [3.8, 4) is 0 Å². The Labute approximate surface area is 188 Å². The van der Waals surface area contributed by atoms with Crippen LogP contribution in [0.2, 0.25) is 0 Å². The second-order valence-electron chi connectivity index (χ2n) is 7.75. The van der Waals surface area contributed by atoms with Crippen LogP contribution in [0.4, 0.5) is 0 Å². The molecule has 0 saturated heterocycles. The van der Waals surface area contributed by atoms with Crippen LogP contribution in [0.25, 0.3) is 0 Å². The number of hydrogen-bond donors (Lipinski definition) is 6. The lowest BCUT2D eigenvalue weighted by atomic mass is 10.1. The van der Waals surface area contributed by atoms with Crippen LogP contribution in [0.15, 0.2) is 17.4 Å². The van der Waals surface area contributed by atoms with Crippen LogP contribution in [0.3, 0.4) is 0 Å². The quantitative estimate of drug-likeness (QED) is 0.166. The van der Waals surface area contributed by atoms with E-state index in [1.807, 2.05) is 19.2 Å². The molecule has 2 aliphatic rings. The van der Waals surface area contributed by atoms with Crippen LogP contribution in [0.5, 0.6) is 0 Å². The third kappa shape index (κ3) is 9.94. The van der Waals surface area contributed by atoms with E-state index in [0.29, 0.717) is 19.3 Å². The lowest BCUT2D eigenvalue weighted by molar-refractivity contribution is -0.138. The summed E-state index contributed by atoms with van der Waals surface area (Å²) < 4.78 is 26.0. The van der Waals surface area contributed by atoms with E-state index in [2.05, 4.69) is 31.1 Å². The fourth-order valence-corrected chi connectivity index (χ4v) is 4.57. The Balaban J connectivity index is 1.63. The smallest absolute Gasteiger partial charge is 0.323 e. The number of hydrogen-bond acceptors (Lipinski definition) is 9. The van der Waals surface area contributed by atoms with Crippen molar-refractivity contribution >= 4 is 27.6 Å². The summed E-state index contributed by atoms with van der Waals surface area (Å²) in [5.41, 5.74) is 0.876. The number of carbonyl (C=O) groups is 2. The first-order valence-corrected chi connectivity index (χ1v) is 12.5. The van der Waals surface area contributed by atoms with Crippen molar-refractivity contribution in [3.05, 3.63) is 12.3 Å². The van der Waals surface area contributed by atoms with E-state index in [-0.39, 0.29) is 25.0 Å². The van der Waals surface area contributed by atoms with Crippen LogP contribution in [0, 0.1) is 0 Å². The van der Waals surface area contributed by atoms with Gasteiger partial charge in [0.25, 0.3) is 0 Å². The molecule has 32 heavy (non-hydrogen) atoms. The predicted octanol–water partition coefficient (Wildman–Crippen LogP) is -0.830. The third-order valence-electron chi connectivity index (χ3n) is 4.91. The number of carboxylic acid groups (broad SMARTS) is 1. The maximum Gasteiger partial charge on any atom is 0.323 e. The van der Waals surface area contributed by atoms with Crippen LogP contribution in [-0.4, -0.2) is 74.9 Å². The van der Waals surface area contributed by atoms with Crippen molar-refractivity contribution in [3.63, 3.8) is 0 Å². The molecule has 0 aromatic rings. The first-order valence-electron chi connectivity index (χ1n) is 10.9. The molecule has 3 atom stereocenters. The van der Waals surface area contributed by atoms with Gasteiger partial charge in [0.15, 0.2) is 0 Å². The monoisotopic (exact) mass is 474 g/mol. The van der Waals surface area contributed by atoms with E-state index in [1.165, 1.54) is 0 Å². The molecule has 0 bridgehead atoms. The average Bonchev–Trinajstić information content (AvgIpc) is 3.20. The number of aliphatic carboxylic acids is 1. The minimum Gasteiger partial charge on any atom is -0.480 e. The fourth-order valence-electron chi connectivity index (χ4n) is 3.17. The largest absolute Gasteiger partial charge is 0.480 e. The number of unbranched alkanes of at least 4 members (excludes halogenated alkanes) is 1. The second kappa shape index (κ2) is 13.4. The van der Waals surface area contributed by atoms with Gasteiger partial charge in [-0.1, -0.05) is 24.6 Å². The lowest BCUT2D eigenvalue weighted by Crippen LogP contribution is -2.53. The molecular formula is C19H34N6O6S. The molecule has 12 nitrogen and oxygen atoms in total. The van der Waals surface area contributed by atoms with Gasteiger partial charge in [0.1, 0.15) is 18.4 Å². The SMILES string of the molecule is CCCCS(=O)(=O)NC(CNC(=O)CC1CC(CCCNC2NC=CCN2)=NO1)C(=O)O. The fraction of sp³-hybridized carbons (Fsp3) is 0.737. The summed E-state index contributed by atoms with van der Waals surface area (Å²) in [6, 6.07) is -1.42. The first-order chi connectivity index (χ1) is 15.3. The molecule has 1 amide bonds. The summed E-state index contributed by atoms with van der Waals surface area (Å²) in [6.07, 6.45) is 6.78. The molecule has 2 rings (SSSR count). The summed E-state index contributed by atoms with van der Waals surface area (Å²) in [6.45, 7) is 3.09. The maximum atomic E-state index is 12.2. The zero-order valence-electron chi connectivity index (χ0n) is 18.3. The van der Waals surface area contributed by atoms with Crippen LogP contribution in [0.1, 0.15) is 45.4 Å². The standard InChI is InChI=1S/C19H34N6O6S/c1-2-3-10-32(29,30)25-16(18(27)28)13-23-17(26)12-15-11-14(24-31-15)6-4-7-20-19-21-8-5-9-22-19/h5,8,15-16,19-22,25H,2-4,6-7,9-13H2,1H3,(H,23,26)(H,27,28). The Hall–Kier alpha value is -2.22. The number of amides is 1. The van der Waals surface area contributed by atoms with Crippen LogP contribution >= 0.6 is 0 Å². The Morgan fingerprint density at radius 2 is 2.19 bits per heavy atom. The number of carbonyl (C=O) groups excluding carboxylic acids is 1. The van der Waals surface area contributed by atoms with E-state index >= 15 is 0 Å². The molecule has 0 aromatic carbocycles. The van der Waals surface area contributed by atoms with Gasteiger partial charge < -0.3 is 20.6 Å². The maximum absolute atomic E-state index is 12.2. The zero-order valence-corrected chi connectivity index (χ0v) is 19.1. The molecule has 3 unspecified atom stereocenters. The number of sulfonamides is 1. The Bertz CT molecular complexity index is 787. The van der Waals surface area contributed by atoms with Gasteiger partial charge in [-0.05, 0) is 32.0 Å². The number of nitrogens with one attached hydrogen (secondary N) is 5. The molecule has 2 heterocycles. The van der Waals surface area contributed by atoms with Crippen LogP contribution in [-0.2, 0) is 24.4 Å². The number of carboxylic acids is 1. The molecule has 0 aliphatic carbocycles. The summed E-state index contributed by atoms with van der Waals surface area (Å²) in [4.78, 5) is 28.8. The molecule has 0 spiro atoms. The zero-order chi connectivity index (χ0) is 23.4. The molecule has 0 aromatic heterocycles. The van der Waals surface area contributed by atoms with E-state index in [4.69, 9.17) is 4.84 Å². The van der Waals surface area contributed by atoms with Crippen molar-refractivity contribution in [2.45, 2.75) is 63.9 Å². The summed E-state index contributed by atoms with van der Waals surface area (Å²) in [5.74, 6) is -1.93. The van der Waals surface area contributed by atoms with Crippen LogP contribution < -0.4 is 26.0 Å². The highest BCUT2D eigenvalue weighted by Crippen LogP contribution is 2.16. The second-order valence-corrected chi connectivity index (χ2v) is 9.62. The summed E-state index contributed by atoms with van der Waals surface area (Å²) in [7, 11) is -3.73. The van der Waals surface area contributed by atoms with E-state index in [0.717, 1.165) is 31.6 Å². The Morgan fingerprint density at radius 3 is 2.88 bits per heavy atom. The highest BCUT2D eigenvalue weighted by molar-refractivity contribution is 7.89. The lowest BCUT2D eigenvalue weighted by Gasteiger charge is -2.22. The highest BCUT2D eigenvalue weighted by atomic mass is 32.2. The normalized spacial score (nSPS) is 21.3. The molecular weight excluding hydrogens is 440 g/mol. The van der Waals surface area contributed by atoms with Crippen molar-refractivity contribution in [1.29, 1.82) is 0 Å². The van der Waals surface area contributed by atoms with E-state index < -0.39 is 34.0 Å². The van der Waals surface area contributed by atoms with E-state index in [1.54, 1.807) is 0 Å². The summed E-state index contributed by atoms with van der Waals surface area (Å²) >= 11 is 0. The number of rotatable bonds is 15. The van der Waals surface area contributed by atoms with Crippen molar-refractivity contribution < 1.29 is 28.0 Å². The van der Waals surface area contributed by atoms with Gasteiger partial charge >= 0.3 is 5.97 Å². The van der Waals surface area contributed by atoms with Gasteiger partial charge in [0.05, 0.1) is 17.9 Å². The molecule has 0 saturated carbocycles. The van der Waals surface area contributed by atoms with E-state index in [9.17, 15) is 23.1 Å². The van der Waals surface area contributed by atoms with Crippen molar-refractivity contribution in [2.24, 2.45) is 5.16 Å². The third-order valence-corrected chi connectivity index (χ3v) is 6.38. The average molecular weight is 475 g/mol. The minimum absolute atomic E-state index is 0.0163. The van der Waals surface area contributed by atoms with Gasteiger partial charge in [-0.2, -0.15) is 4.72 Å². The molecule has 0 fully saturated rings. The Morgan fingerprint density at radius 1 is 1.38 bits per heavy atom. The van der Waals surface area contributed by atoms with Gasteiger partial charge in [0, 0.05) is 19.5 Å². The van der Waals surface area contributed by atoms with Gasteiger partial charge in [-0.3, -0.25) is 20.2 Å². The topological polar surface area (TPSA) is 170 Å². The molecule has 13 heteroatoms. The number of oxime groups is 1. The molecule has 0 radical (unpaired) electrons. The minimum atomic E-state index is -3.73. The van der Waals surface area contributed by atoms with Crippen molar-refractivity contribution in [2.75, 3.05) is 25.4 Å². The van der Waals surface area contributed by atoms with Gasteiger partial charge in [0.2, 0.25) is 15.9 Å². The first kappa shape index (κ1) is 26.0. The highest BCUT2D eigenvalue weighted by Gasteiger charge is 2.27. The Kier molecular flexibility index (Phi) is 10.9. The molecule has 6 N–H and O–H groups in total.